The number of hydrogen-bond donors (Lipinski definition) is 2. The molecule has 0 fully saturated rings. The van der Waals surface area contributed by atoms with Crippen LogP contribution >= 0.6 is 0 Å². The molecule has 6 nitrogen and oxygen atoms in total. The highest BCUT2D eigenvalue weighted by Gasteiger charge is 2.13. The van der Waals surface area contributed by atoms with E-state index in [9.17, 15) is 9.59 Å². The topological polar surface area (TPSA) is 64.7 Å². The van der Waals surface area contributed by atoms with Crippen molar-refractivity contribution < 1.29 is 9.59 Å². The van der Waals surface area contributed by atoms with Gasteiger partial charge >= 0.3 is 11.8 Å². The zero-order chi connectivity index (χ0) is 16.5. The SMILES string of the molecule is CCN(CC)CCNC(=O)C(=O)Nc1ccc(N(C)C)cc1. The third-order valence-corrected chi connectivity index (χ3v) is 3.46. The lowest BCUT2D eigenvalue weighted by molar-refractivity contribution is -0.136. The summed E-state index contributed by atoms with van der Waals surface area (Å²) in [6, 6.07) is 7.31. The molecule has 0 aliphatic rings. The van der Waals surface area contributed by atoms with Crippen LogP contribution in [-0.2, 0) is 9.59 Å². The molecule has 1 aromatic carbocycles. The maximum Gasteiger partial charge on any atom is 0.313 e. The highest BCUT2D eigenvalue weighted by Crippen LogP contribution is 2.15. The highest BCUT2D eigenvalue weighted by atomic mass is 16.2. The van der Waals surface area contributed by atoms with Crippen molar-refractivity contribution in [1.29, 1.82) is 0 Å². The maximum absolute atomic E-state index is 11.8. The van der Waals surface area contributed by atoms with Crippen molar-refractivity contribution in [1.82, 2.24) is 10.2 Å². The molecule has 122 valence electrons. The lowest BCUT2D eigenvalue weighted by Gasteiger charge is -2.17. The van der Waals surface area contributed by atoms with Crippen molar-refractivity contribution in [3.8, 4) is 0 Å². The van der Waals surface area contributed by atoms with E-state index in [-0.39, 0.29) is 0 Å². The van der Waals surface area contributed by atoms with Gasteiger partial charge in [-0.15, -0.1) is 0 Å². The Kier molecular flexibility index (Phi) is 7.39. The van der Waals surface area contributed by atoms with Gasteiger partial charge in [-0.25, -0.2) is 0 Å². The van der Waals surface area contributed by atoms with Crippen molar-refractivity contribution in [3.63, 3.8) is 0 Å². The third kappa shape index (κ3) is 5.73. The van der Waals surface area contributed by atoms with Gasteiger partial charge in [0.05, 0.1) is 0 Å². The summed E-state index contributed by atoms with van der Waals surface area (Å²) in [5.41, 5.74) is 1.64. The zero-order valence-electron chi connectivity index (χ0n) is 13.8. The Morgan fingerprint density at radius 2 is 1.59 bits per heavy atom. The van der Waals surface area contributed by atoms with E-state index in [4.69, 9.17) is 0 Å². The van der Waals surface area contributed by atoms with Gasteiger partial charge in [0.15, 0.2) is 0 Å². The second-order valence-electron chi connectivity index (χ2n) is 5.18. The summed E-state index contributed by atoms with van der Waals surface area (Å²) in [6.07, 6.45) is 0. The predicted molar refractivity (Wildman–Crippen MR) is 90.2 cm³/mol. The predicted octanol–water partition coefficient (Wildman–Crippen LogP) is 1.15. The van der Waals surface area contributed by atoms with Gasteiger partial charge in [-0.2, -0.15) is 0 Å². The fourth-order valence-corrected chi connectivity index (χ4v) is 1.98. The number of nitrogens with one attached hydrogen (secondary N) is 2. The standard InChI is InChI=1S/C16H26N4O2/c1-5-20(6-2)12-11-17-15(21)16(22)18-13-7-9-14(10-8-13)19(3)4/h7-10H,5-6,11-12H2,1-4H3,(H,17,21)(H,18,22). The molecular formula is C16H26N4O2. The van der Waals surface area contributed by atoms with Gasteiger partial charge in [0, 0.05) is 38.6 Å². The Balaban J connectivity index is 2.42. The van der Waals surface area contributed by atoms with Crippen molar-refractivity contribution in [2.24, 2.45) is 0 Å². The third-order valence-electron chi connectivity index (χ3n) is 3.46. The molecule has 0 aliphatic carbocycles. The lowest BCUT2D eigenvalue weighted by atomic mass is 10.2. The highest BCUT2D eigenvalue weighted by molar-refractivity contribution is 6.39. The summed E-state index contributed by atoms with van der Waals surface area (Å²) >= 11 is 0. The number of nitrogens with zero attached hydrogens (tertiary/aromatic N) is 2. The summed E-state index contributed by atoms with van der Waals surface area (Å²) in [5, 5.41) is 5.22. The average molecular weight is 306 g/mol. The summed E-state index contributed by atoms with van der Waals surface area (Å²) < 4.78 is 0. The van der Waals surface area contributed by atoms with Gasteiger partial charge in [-0.05, 0) is 37.4 Å². The summed E-state index contributed by atoms with van der Waals surface area (Å²) in [5.74, 6) is -1.25. The van der Waals surface area contributed by atoms with E-state index in [1.165, 1.54) is 0 Å². The number of rotatable bonds is 7. The molecule has 0 bridgehead atoms. The monoisotopic (exact) mass is 306 g/mol. The van der Waals surface area contributed by atoms with E-state index < -0.39 is 11.8 Å². The number of carbonyl (C=O) groups is 2. The van der Waals surface area contributed by atoms with Crippen molar-refractivity contribution >= 4 is 23.2 Å². The Labute approximate surface area is 132 Å². The van der Waals surface area contributed by atoms with Gasteiger partial charge in [-0.3, -0.25) is 9.59 Å². The molecule has 1 rings (SSSR count). The Hall–Kier alpha value is -2.08. The lowest BCUT2D eigenvalue weighted by Crippen LogP contribution is -2.40. The second kappa shape index (κ2) is 9.04. The molecule has 2 amide bonds. The Bertz CT molecular complexity index is 481. The first-order chi connectivity index (χ1) is 10.5. The van der Waals surface area contributed by atoms with Gasteiger partial charge in [0.25, 0.3) is 0 Å². The number of benzene rings is 1. The van der Waals surface area contributed by atoms with E-state index in [1.54, 1.807) is 12.1 Å². The quantitative estimate of drug-likeness (QED) is 0.742. The van der Waals surface area contributed by atoms with Crippen LogP contribution < -0.4 is 15.5 Å². The first-order valence-electron chi connectivity index (χ1n) is 7.56. The van der Waals surface area contributed by atoms with Crippen molar-refractivity contribution in [3.05, 3.63) is 24.3 Å². The first kappa shape index (κ1) is 18.0. The molecule has 6 heteroatoms. The van der Waals surface area contributed by atoms with Crippen LogP contribution in [0.2, 0.25) is 0 Å². The van der Waals surface area contributed by atoms with E-state index >= 15 is 0 Å². The minimum absolute atomic E-state index is 0.466. The van der Waals surface area contributed by atoms with Gasteiger partial charge < -0.3 is 20.4 Å². The van der Waals surface area contributed by atoms with Crippen molar-refractivity contribution in [2.45, 2.75) is 13.8 Å². The smallest absolute Gasteiger partial charge is 0.313 e. The number of anilines is 2. The molecule has 22 heavy (non-hydrogen) atoms. The van der Waals surface area contributed by atoms with Gasteiger partial charge in [0.1, 0.15) is 0 Å². The van der Waals surface area contributed by atoms with Crippen LogP contribution in [0.25, 0.3) is 0 Å². The van der Waals surface area contributed by atoms with Crippen LogP contribution in [0, 0.1) is 0 Å². The largest absolute Gasteiger partial charge is 0.378 e. The molecule has 0 spiro atoms. The average Bonchev–Trinajstić information content (AvgIpc) is 2.51. The number of amides is 2. The number of likely N-dealkylation sites (N-methyl/N-ethyl adjacent to an activating group) is 1. The van der Waals surface area contributed by atoms with Gasteiger partial charge in [0.2, 0.25) is 0 Å². The summed E-state index contributed by atoms with van der Waals surface area (Å²) in [6.45, 7) is 7.19. The molecule has 2 N–H and O–H groups in total. The van der Waals surface area contributed by atoms with E-state index in [0.717, 1.165) is 25.3 Å². The fourth-order valence-electron chi connectivity index (χ4n) is 1.98. The number of hydrogen-bond acceptors (Lipinski definition) is 4. The molecule has 0 aromatic heterocycles. The second-order valence-corrected chi connectivity index (χ2v) is 5.18. The van der Waals surface area contributed by atoms with Crippen LogP contribution in [0.1, 0.15) is 13.8 Å². The molecule has 0 aliphatic heterocycles. The van der Waals surface area contributed by atoms with E-state index in [1.807, 2.05) is 31.1 Å². The molecule has 0 radical (unpaired) electrons. The molecule has 1 aromatic rings. The first-order valence-corrected chi connectivity index (χ1v) is 7.56. The van der Waals surface area contributed by atoms with Crippen LogP contribution in [0.5, 0.6) is 0 Å². The van der Waals surface area contributed by atoms with Crippen LogP contribution in [-0.4, -0.2) is 57.0 Å². The van der Waals surface area contributed by atoms with Gasteiger partial charge in [-0.1, -0.05) is 13.8 Å². The van der Waals surface area contributed by atoms with Crippen LogP contribution in [0.15, 0.2) is 24.3 Å². The number of carbonyl (C=O) groups excluding carboxylic acids is 2. The van der Waals surface area contributed by atoms with Crippen molar-refractivity contribution in [2.75, 3.05) is 50.5 Å². The molecular weight excluding hydrogens is 280 g/mol. The minimum atomic E-state index is -0.642. The molecule has 0 heterocycles. The summed E-state index contributed by atoms with van der Waals surface area (Å²) in [7, 11) is 3.88. The summed E-state index contributed by atoms with van der Waals surface area (Å²) in [4.78, 5) is 27.7. The molecule has 0 saturated carbocycles. The van der Waals surface area contributed by atoms with E-state index in [0.29, 0.717) is 12.2 Å². The molecule has 0 atom stereocenters. The van der Waals surface area contributed by atoms with Crippen LogP contribution in [0.4, 0.5) is 11.4 Å². The normalized spacial score (nSPS) is 10.4. The van der Waals surface area contributed by atoms with E-state index in [2.05, 4.69) is 29.4 Å². The zero-order valence-corrected chi connectivity index (χ0v) is 13.8. The molecule has 0 saturated heterocycles. The van der Waals surface area contributed by atoms with Crippen LogP contribution in [0.3, 0.4) is 0 Å². The maximum atomic E-state index is 11.8. The Morgan fingerprint density at radius 1 is 1.00 bits per heavy atom. The fraction of sp³-hybridized carbons (Fsp3) is 0.500. The Morgan fingerprint density at radius 3 is 2.09 bits per heavy atom. The molecule has 0 unspecified atom stereocenters. The minimum Gasteiger partial charge on any atom is -0.378 e.